The van der Waals surface area contributed by atoms with Crippen molar-refractivity contribution < 1.29 is 28.6 Å². The molecule has 3 aromatic rings. The van der Waals surface area contributed by atoms with Crippen molar-refractivity contribution in [3.05, 3.63) is 103 Å². The summed E-state index contributed by atoms with van der Waals surface area (Å²) < 4.78 is 17.6. The minimum absolute atomic E-state index is 0.0899. The lowest BCUT2D eigenvalue weighted by molar-refractivity contribution is -0.0382. The molecule has 0 bridgehead atoms. The quantitative estimate of drug-likeness (QED) is 0.183. The Morgan fingerprint density at radius 1 is 0.476 bits per heavy atom. The van der Waals surface area contributed by atoms with Crippen molar-refractivity contribution in [1.82, 2.24) is 0 Å². The predicted octanol–water partition coefficient (Wildman–Crippen LogP) is 7.73. The van der Waals surface area contributed by atoms with Gasteiger partial charge in [-0.25, -0.2) is 14.4 Å². The van der Waals surface area contributed by atoms with E-state index in [0.29, 0.717) is 23.1 Å². The summed E-state index contributed by atoms with van der Waals surface area (Å²) in [6.45, 7) is 18.9. The van der Waals surface area contributed by atoms with Gasteiger partial charge in [0.05, 0.1) is 22.1 Å². The van der Waals surface area contributed by atoms with Gasteiger partial charge in [0.1, 0.15) is 19.8 Å². The molecule has 0 unspecified atom stereocenters. The van der Waals surface area contributed by atoms with Crippen LogP contribution in [0, 0.1) is 67.7 Å². The summed E-state index contributed by atoms with van der Waals surface area (Å²) in [4.78, 5) is 39.9. The van der Waals surface area contributed by atoms with Crippen LogP contribution in [-0.4, -0.2) is 37.7 Å². The van der Waals surface area contributed by atoms with Crippen LogP contribution in [0.4, 0.5) is 0 Å². The lowest BCUT2D eigenvalue weighted by atomic mass is 9.87. The van der Waals surface area contributed by atoms with Gasteiger partial charge in [-0.2, -0.15) is 0 Å². The Kier molecular flexibility index (Phi) is 10.4. The summed E-state index contributed by atoms with van der Waals surface area (Å²) in [7, 11) is 0. The van der Waals surface area contributed by atoms with Crippen molar-refractivity contribution in [3.63, 3.8) is 0 Å². The molecule has 42 heavy (non-hydrogen) atoms. The number of benzene rings is 3. The Morgan fingerprint density at radius 3 is 0.881 bits per heavy atom. The highest BCUT2D eigenvalue weighted by Crippen LogP contribution is 2.28. The van der Waals surface area contributed by atoms with Crippen molar-refractivity contribution in [1.29, 1.82) is 0 Å². The minimum atomic E-state index is -0.952. The third kappa shape index (κ3) is 7.47. The Bertz CT molecular complexity index is 1270. The number of hydrogen-bond donors (Lipinski definition) is 0. The van der Waals surface area contributed by atoms with Gasteiger partial charge in [0.2, 0.25) is 0 Å². The number of ether oxygens (including phenoxy) is 3. The molecule has 0 aliphatic rings. The van der Waals surface area contributed by atoms with Crippen molar-refractivity contribution in [2.24, 2.45) is 5.41 Å². The fraction of sp³-hybridized carbons (Fsp3) is 0.417. The van der Waals surface area contributed by atoms with E-state index in [1.54, 1.807) is 0 Å². The molecule has 0 atom stereocenters. The molecule has 224 valence electrons. The second-order valence-corrected chi connectivity index (χ2v) is 11.9. The first-order valence-electron chi connectivity index (χ1n) is 14.4. The van der Waals surface area contributed by atoms with Gasteiger partial charge in [-0.15, -0.1) is 0 Å². The highest BCUT2D eigenvalue weighted by Gasteiger charge is 2.35. The molecule has 6 nitrogen and oxygen atoms in total. The normalized spacial score (nSPS) is 11.3. The van der Waals surface area contributed by atoms with E-state index >= 15 is 0 Å². The van der Waals surface area contributed by atoms with Crippen molar-refractivity contribution in [2.45, 2.75) is 75.7 Å². The Labute approximate surface area is 250 Å². The molecule has 0 amide bonds. The minimum Gasteiger partial charge on any atom is -0.461 e. The third-order valence-electron chi connectivity index (χ3n) is 7.92. The van der Waals surface area contributed by atoms with E-state index in [0.717, 1.165) is 50.1 Å². The van der Waals surface area contributed by atoms with Gasteiger partial charge in [-0.05, 0) is 102 Å². The van der Waals surface area contributed by atoms with Gasteiger partial charge in [0, 0.05) is 0 Å². The number of carbonyl (C=O) groups is 3. The van der Waals surface area contributed by atoms with Crippen LogP contribution < -0.4 is 0 Å². The SMILES string of the molecule is CCC(COC(=O)c1c(C)cc(C)cc1C)(COC(=O)c1c(C)cc(C)cc1C)COC(=O)c1c(C)cc(C)cc1C. The van der Waals surface area contributed by atoms with E-state index in [9.17, 15) is 14.4 Å². The molecule has 0 saturated carbocycles. The number of carbonyl (C=O) groups excluding carboxylic acids is 3. The van der Waals surface area contributed by atoms with Crippen LogP contribution in [0.25, 0.3) is 0 Å². The number of rotatable bonds is 10. The van der Waals surface area contributed by atoms with E-state index in [1.807, 2.05) is 106 Å². The van der Waals surface area contributed by atoms with Crippen LogP contribution in [-0.2, 0) is 14.2 Å². The van der Waals surface area contributed by atoms with Gasteiger partial charge in [-0.1, -0.05) is 60.0 Å². The molecule has 0 spiro atoms. The smallest absolute Gasteiger partial charge is 0.338 e. The molecular weight excluding hydrogens is 528 g/mol. The molecule has 3 aromatic carbocycles. The lowest BCUT2D eigenvalue weighted by Gasteiger charge is -2.31. The zero-order chi connectivity index (χ0) is 31.4. The largest absolute Gasteiger partial charge is 0.461 e. The van der Waals surface area contributed by atoms with Crippen LogP contribution >= 0.6 is 0 Å². The highest BCUT2D eigenvalue weighted by atomic mass is 16.6. The summed E-state index contributed by atoms with van der Waals surface area (Å²) in [6.07, 6.45) is 0.435. The van der Waals surface area contributed by atoms with Crippen LogP contribution in [0.2, 0.25) is 0 Å². The monoisotopic (exact) mass is 572 g/mol. The highest BCUT2D eigenvalue weighted by molar-refractivity contribution is 5.94. The number of hydrogen-bond acceptors (Lipinski definition) is 6. The van der Waals surface area contributed by atoms with E-state index in [2.05, 4.69) is 0 Å². The van der Waals surface area contributed by atoms with Crippen LogP contribution in [0.1, 0.15) is 94.5 Å². The average Bonchev–Trinajstić information content (AvgIpc) is 2.86. The maximum atomic E-state index is 13.3. The Hall–Kier alpha value is -3.93. The molecule has 0 aromatic heterocycles. The zero-order valence-corrected chi connectivity index (χ0v) is 26.7. The Morgan fingerprint density at radius 2 is 0.690 bits per heavy atom. The molecular formula is C36H44O6. The summed E-state index contributed by atoms with van der Waals surface area (Å²) in [5.41, 5.74) is 8.73. The summed E-state index contributed by atoms with van der Waals surface area (Å²) >= 11 is 0. The van der Waals surface area contributed by atoms with E-state index in [1.165, 1.54) is 0 Å². The van der Waals surface area contributed by atoms with Gasteiger partial charge in [-0.3, -0.25) is 0 Å². The second kappa shape index (κ2) is 13.4. The van der Waals surface area contributed by atoms with Gasteiger partial charge < -0.3 is 14.2 Å². The van der Waals surface area contributed by atoms with Crippen LogP contribution in [0.3, 0.4) is 0 Å². The fourth-order valence-electron chi connectivity index (χ4n) is 5.81. The average molecular weight is 573 g/mol. The molecule has 0 N–H and O–H groups in total. The first-order valence-corrected chi connectivity index (χ1v) is 14.4. The molecule has 0 aliphatic carbocycles. The standard InChI is InChI=1S/C36H44O6/c1-11-36(18-40-33(37)30-24(5)12-21(2)13-25(30)6,19-41-34(38)31-26(7)14-22(3)15-27(31)8)20-42-35(39)32-28(9)16-23(4)17-29(32)10/h12-17H,11,18-20H2,1-10H3. The molecule has 0 aliphatic heterocycles. The van der Waals surface area contributed by atoms with Gasteiger partial charge >= 0.3 is 17.9 Å². The fourth-order valence-corrected chi connectivity index (χ4v) is 5.81. The molecule has 3 rings (SSSR count). The molecule has 0 fully saturated rings. The molecule has 0 heterocycles. The third-order valence-corrected chi connectivity index (χ3v) is 7.92. The Balaban J connectivity index is 1.88. The lowest BCUT2D eigenvalue weighted by Crippen LogP contribution is -2.39. The van der Waals surface area contributed by atoms with Crippen LogP contribution in [0.5, 0.6) is 0 Å². The van der Waals surface area contributed by atoms with Gasteiger partial charge in [0.25, 0.3) is 0 Å². The summed E-state index contributed by atoms with van der Waals surface area (Å²) in [5, 5.41) is 0. The van der Waals surface area contributed by atoms with E-state index in [4.69, 9.17) is 14.2 Å². The first-order chi connectivity index (χ1) is 19.7. The first kappa shape index (κ1) is 32.6. The van der Waals surface area contributed by atoms with E-state index < -0.39 is 23.3 Å². The molecule has 0 saturated heterocycles. The van der Waals surface area contributed by atoms with Gasteiger partial charge in [0.15, 0.2) is 0 Å². The van der Waals surface area contributed by atoms with E-state index in [-0.39, 0.29) is 19.8 Å². The molecule has 6 heteroatoms. The van der Waals surface area contributed by atoms with Crippen molar-refractivity contribution in [2.75, 3.05) is 19.8 Å². The number of aryl methyl sites for hydroxylation is 9. The molecule has 0 radical (unpaired) electrons. The van der Waals surface area contributed by atoms with Crippen LogP contribution in [0.15, 0.2) is 36.4 Å². The summed E-state index contributed by atoms with van der Waals surface area (Å²) in [6, 6.07) is 11.7. The maximum Gasteiger partial charge on any atom is 0.338 e. The maximum absolute atomic E-state index is 13.3. The topological polar surface area (TPSA) is 78.9 Å². The van der Waals surface area contributed by atoms with Crippen molar-refractivity contribution in [3.8, 4) is 0 Å². The predicted molar refractivity (Wildman–Crippen MR) is 166 cm³/mol. The van der Waals surface area contributed by atoms with Crippen molar-refractivity contribution >= 4 is 17.9 Å². The second-order valence-electron chi connectivity index (χ2n) is 11.9. The summed E-state index contributed by atoms with van der Waals surface area (Å²) in [5.74, 6) is -1.39. The number of esters is 3. The zero-order valence-electron chi connectivity index (χ0n) is 26.7.